The Hall–Kier alpha value is -1.88. The van der Waals surface area contributed by atoms with Gasteiger partial charge in [0, 0.05) is 17.0 Å². The predicted octanol–water partition coefficient (Wildman–Crippen LogP) is 3.15. The molecule has 132 valence electrons. The van der Waals surface area contributed by atoms with Crippen molar-refractivity contribution >= 4 is 35.0 Å². The molecule has 2 saturated carbocycles. The first-order valence-electron chi connectivity index (χ1n) is 9.01. The zero-order valence-corrected chi connectivity index (χ0v) is 14.7. The van der Waals surface area contributed by atoms with Crippen LogP contribution in [0.4, 0.5) is 5.69 Å². The smallest absolute Gasteiger partial charge is 0.257 e. The molecule has 3 fully saturated rings. The summed E-state index contributed by atoms with van der Waals surface area (Å²) in [6.45, 7) is 0. The molecule has 0 radical (unpaired) electrons. The Morgan fingerprint density at radius 1 is 1.04 bits per heavy atom. The fourth-order valence-electron chi connectivity index (χ4n) is 4.01. The number of anilines is 1. The van der Waals surface area contributed by atoms with E-state index >= 15 is 0 Å². The lowest BCUT2D eigenvalue weighted by Gasteiger charge is -2.33. The van der Waals surface area contributed by atoms with Gasteiger partial charge in [-0.15, -0.1) is 0 Å². The molecule has 0 aromatic heterocycles. The van der Waals surface area contributed by atoms with Gasteiger partial charge in [-0.3, -0.25) is 14.4 Å². The number of hydrogen-bond donors (Lipinski definition) is 0. The molecule has 3 aliphatic rings. The molecule has 1 saturated heterocycles. The number of imide groups is 1. The van der Waals surface area contributed by atoms with E-state index in [-0.39, 0.29) is 36.1 Å². The van der Waals surface area contributed by atoms with Crippen molar-refractivity contribution in [1.29, 1.82) is 0 Å². The third kappa shape index (κ3) is 3.06. The molecule has 1 heterocycles. The fourth-order valence-corrected chi connectivity index (χ4v) is 4.13. The number of halogens is 1. The maximum atomic E-state index is 13.0. The van der Waals surface area contributed by atoms with Crippen molar-refractivity contribution < 1.29 is 14.4 Å². The van der Waals surface area contributed by atoms with Crippen LogP contribution < -0.4 is 4.90 Å². The van der Waals surface area contributed by atoms with Gasteiger partial charge in [0.2, 0.25) is 11.8 Å². The number of benzene rings is 1. The maximum Gasteiger partial charge on any atom is 0.257 e. The number of carbonyl (C=O) groups excluding carboxylic acids is 3. The molecule has 6 heteroatoms. The highest BCUT2D eigenvalue weighted by Gasteiger charge is 2.49. The lowest BCUT2D eigenvalue weighted by Crippen LogP contribution is -2.50. The molecule has 1 unspecified atom stereocenters. The molecule has 5 nitrogen and oxygen atoms in total. The molecule has 0 N–H and O–H groups in total. The van der Waals surface area contributed by atoms with Crippen LogP contribution in [-0.4, -0.2) is 34.7 Å². The summed E-state index contributed by atoms with van der Waals surface area (Å²) in [5.41, 5.74) is 0.521. The average molecular weight is 361 g/mol. The van der Waals surface area contributed by atoms with Gasteiger partial charge in [0.1, 0.15) is 6.04 Å². The van der Waals surface area contributed by atoms with Gasteiger partial charge >= 0.3 is 0 Å². The van der Waals surface area contributed by atoms with Gasteiger partial charge in [0.15, 0.2) is 0 Å². The number of hydrogen-bond acceptors (Lipinski definition) is 3. The molecule has 4 rings (SSSR count). The van der Waals surface area contributed by atoms with Crippen LogP contribution in [0.3, 0.4) is 0 Å². The molecule has 0 bridgehead atoms. The molecule has 1 aliphatic heterocycles. The van der Waals surface area contributed by atoms with E-state index in [1.807, 2.05) is 0 Å². The van der Waals surface area contributed by atoms with E-state index in [0.29, 0.717) is 10.7 Å². The molecule has 0 spiro atoms. The van der Waals surface area contributed by atoms with Crippen LogP contribution in [0.25, 0.3) is 0 Å². The van der Waals surface area contributed by atoms with E-state index in [2.05, 4.69) is 0 Å². The minimum atomic E-state index is -0.653. The van der Waals surface area contributed by atoms with Gasteiger partial charge < -0.3 is 4.90 Å². The standard InChI is InChI=1S/C19H21ClN2O3/c20-13-7-9-15(10-8-13)22-17(23)11-16(19(22)25)21(14-3-1-2-4-14)18(24)12-5-6-12/h7-10,12,14,16H,1-6,11H2. The molecule has 2 aliphatic carbocycles. The first kappa shape index (κ1) is 16.6. The minimum absolute atomic E-state index is 0.0492. The van der Waals surface area contributed by atoms with Gasteiger partial charge in [0.25, 0.3) is 5.91 Å². The van der Waals surface area contributed by atoms with Crippen LogP contribution in [0, 0.1) is 5.92 Å². The second-order valence-electron chi connectivity index (χ2n) is 7.22. The zero-order valence-electron chi connectivity index (χ0n) is 14.0. The quantitative estimate of drug-likeness (QED) is 0.775. The van der Waals surface area contributed by atoms with Gasteiger partial charge in [-0.1, -0.05) is 24.4 Å². The fraction of sp³-hybridized carbons (Fsp3) is 0.526. The van der Waals surface area contributed by atoms with Gasteiger partial charge in [-0.25, -0.2) is 4.90 Å². The summed E-state index contributed by atoms with van der Waals surface area (Å²) in [5, 5.41) is 0.552. The number of amides is 3. The van der Waals surface area contributed by atoms with Crippen LogP contribution in [0.2, 0.25) is 5.02 Å². The molecular weight excluding hydrogens is 340 g/mol. The second-order valence-corrected chi connectivity index (χ2v) is 7.66. The highest BCUT2D eigenvalue weighted by atomic mass is 35.5. The summed E-state index contributed by atoms with van der Waals surface area (Å²) >= 11 is 5.90. The van der Waals surface area contributed by atoms with Crippen LogP contribution in [0.5, 0.6) is 0 Å². The largest absolute Gasteiger partial charge is 0.327 e. The Morgan fingerprint density at radius 2 is 1.68 bits per heavy atom. The third-order valence-electron chi connectivity index (χ3n) is 5.44. The molecule has 1 aromatic carbocycles. The van der Waals surface area contributed by atoms with E-state index in [1.54, 1.807) is 29.2 Å². The van der Waals surface area contributed by atoms with Gasteiger partial charge in [0.05, 0.1) is 12.1 Å². The summed E-state index contributed by atoms with van der Waals surface area (Å²) in [6, 6.07) is 6.11. The van der Waals surface area contributed by atoms with E-state index in [0.717, 1.165) is 38.5 Å². The summed E-state index contributed by atoms with van der Waals surface area (Å²) in [4.78, 5) is 41.4. The Bertz CT molecular complexity index is 708. The summed E-state index contributed by atoms with van der Waals surface area (Å²) in [6.07, 6.45) is 5.89. The first-order chi connectivity index (χ1) is 12.1. The third-order valence-corrected chi connectivity index (χ3v) is 5.69. The van der Waals surface area contributed by atoms with E-state index in [9.17, 15) is 14.4 Å². The van der Waals surface area contributed by atoms with Gasteiger partial charge in [-0.05, 0) is 49.9 Å². The van der Waals surface area contributed by atoms with E-state index in [1.165, 1.54) is 4.90 Å². The van der Waals surface area contributed by atoms with Crippen LogP contribution in [0.15, 0.2) is 24.3 Å². The number of carbonyl (C=O) groups is 3. The van der Waals surface area contributed by atoms with Crippen LogP contribution in [-0.2, 0) is 14.4 Å². The van der Waals surface area contributed by atoms with E-state index in [4.69, 9.17) is 11.6 Å². The van der Waals surface area contributed by atoms with Crippen molar-refractivity contribution in [3.8, 4) is 0 Å². The van der Waals surface area contributed by atoms with Crippen molar-refractivity contribution in [2.75, 3.05) is 4.90 Å². The summed E-state index contributed by atoms with van der Waals surface area (Å²) in [5.74, 6) is -0.416. The van der Waals surface area contributed by atoms with Crippen molar-refractivity contribution in [3.05, 3.63) is 29.3 Å². The highest BCUT2D eigenvalue weighted by Crippen LogP contribution is 2.38. The molecule has 25 heavy (non-hydrogen) atoms. The molecule has 1 atom stereocenters. The first-order valence-corrected chi connectivity index (χ1v) is 9.38. The maximum absolute atomic E-state index is 13.0. The lowest BCUT2D eigenvalue weighted by molar-refractivity contribution is -0.142. The van der Waals surface area contributed by atoms with Gasteiger partial charge in [-0.2, -0.15) is 0 Å². The summed E-state index contributed by atoms with van der Waals surface area (Å²) in [7, 11) is 0. The lowest BCUT2D eigenvalue weighted by atomic mass is 10.1. The zero-order chi connectivity index (χ0) is 17.6. The number of nitrogens with zero attached hydrogens (tertiary/aromatic N) is 2. The Balaban J connectivity index is 1.62. The molecule has 3 amide bonds. The number of rotatable bonds is 4. The normalized spacial score (nSPS) is 24.2. The Kier molecular flexibility index (Phi) is 4.28. The Morgan fingerprint density at radius 3 is 2.28 bits per heavy atom. The highest BCUT2D eigenvalue weighted by molar-refractivity contribution is 6.30. The topological polar surface area (TPSA) is 57.7 Å². The molecular formula is C19H21ClN2O3. The van der Waals surface area contributed by atoms with Crippen molar-refractivity contribution in [3.63, 3.8) is 0 Å². The van der Waals surface area contributed by atoms with Crippen molar-refractivity contribution in [2.45, 2.75) is 57.0 Å². The van der Waals surface area contributed by atoms with Crippen LogP contribution >= 0.6 is 11.6 Å². The Labute approximate surface area is 151 Å². The van der Waals surface area contributed by atoms with Crippen LogP contribution in [0.1, 0.15) is 44.9 Å². The average Bonchev–Trinajstić information content (AvgIpc) is 3.24. The predicted molar refractivity (Wildman–Crippen MR) is 94.2 cm³/mol. The SMILES string of the molecule is O=C1CC(N(C(=O)C2CC2)C2CCCC2)C(=O)N1c1ccc(Cl)cc1. The van der Waals surface area contributed by atoms with Crippen molar-refractivity contribution in [2.24, 2.45) is 5.92 Å². The van der Waals surface area contributed by atoms with Crippen molar-refractivity contribution in [1.82, 2.24) is 4.90 Å². The summed E-state index contributed by atoms with van der Waals surface area (Å²) < 4.78 is 0. The van der Waals surface area contributed by atoms with E-state index < -0.39 is 6.04 Å². The minimum Gasteiger partial charge on any atom is -0.327 e. The second kappa shape index (κ2) is 6.45. The monoisotopic (exact) mass is 360 g/mol. The molecule has 1 aromatic rings.